The average Bonchev–Trinajstić information content (AvgIpc) is 3.53. The summed E-state index contributed by atoms with van der Waals surface area (Å²) in [6.45, 7) is 5.20. The molecule has 0 bridgehead atoms. The van der Waals surface area contributed by atoms with Crippen molar-refractivity contribution < 1.29 is 38.5 Å². The molecule has 0 saturated heterocycles. The van der Waals surface area contributed by atoms with E-state index in [1.165, 1.54) is 26.0 Å². The Morgan fingerprint density at radius 2 is 1.83 bits per heavy atom. The number of esters is 1. The summed E-state index contributed by atoms with van der Waals surface area (Å²) in [4.78, 5) is 50.5. The molecule has 1 unspecified atom stereocenters. The number of allylic oxidation sites excluding steroid dienone is 4. The minimum absolute atomic E-state index is 0.0882. The number of halogens is 1. The van der Waals surface area contributed by atoms with E-state index in [0.717, 1.165) is 24.8 Å². The minimum Gasteiger partial charge on any atom is -0.457 e. The molecule has 1 N–H and O–H groups in total. The Morgan fingerprint density at radius 1 is 1.12 bits per heavy atom. The lowest BCUT2D eigenvalue weighted by atomic mass is 9.45. The monoisotopic (exact) mass is 590 g/mol. The fraction of sp³-hybridized carbons (Fsp3) is 0.750. The summed E-state index contributed by atoms with van der Waals surface area (Å²) in [7, 11) is 1.19. The zero-order valence-corrected chi connectivity index (χ0v) is 25.3. The number of hydrogen-bond acceptors (Lipinski definition) is 8. The van der Waals surface area contributed by atoms with Crippen LogP contribution in [-0.2, 0) is 28.6 Å². The molecule has 8 atom stereocenters. The van der Waals surface area contributed by atoms with E-state index < -0.39 is 57.8 Å². The summed E-state index contributed by atoms with van der Waals surface area (Å²) >= 11 is 7.52. The third kappa shape index (κ3) is 4.50. The Hall–Kier alpha value is -2.19. The van der Waals surface area contributed by atoms with E-state index in [2.05, 4.69) is 0 Å². The Kier molecular flexibility index (Phi) is 7.99. The first-order chi connectivity index (χ1) is 19.3. The number of carbonyl (C=O) groups excluding carboxylic acids is 4. The molecule has 5 aliphatic carbocycles. The Morgan fingerprint density at radius 3 is 2.51 bits per heavy atom. The quantitative estimate of drug-likeness (QED) is 0.306. The maximum absolute atomic E-state index is 14.1. The van der Waals surface area contributed by atoms with Crippen LogP contribution in [0.5, 0.6) is 0 Å². The van der Waals surface area contributed by atoms with Crippen molar-refractivity contribution in [1.29, 1.82) is 0 Å². The smallest absolute Gasteiger partial charge is 0.457 e. The van der Waals surface area contributed by atoms with Crippen LogP contribution in [0.3, 0.4) is 0 Å². The standard InChI is InChI=1S/C32H43ClO8/c1-19-15-24-23-11-10-21-16-22(34)13-14-29(21,2)31(23,33)25(35)17-30(24,3)32(19,41-28(38)39-4)26(36)18-40-27(37)12-9-20-7-5-6-8-20/h13-14,16,19-20,23-25,35H,5-12,15,17-18H2,1-4H3/t19-,23+,24+,25?,29+,30+,31+,32+/m1/s1. The van der Waals surface area contributed by atoms with Gasteiger partial charge >= 0.3 is 12.1 Å². The SMILES string of the molecule is COC(=O)O[C@]1(C(=O)COC(=O)CCC2CCCC2)[C@H](C)C[C@H]2[C@@H]3CCC4=CC(=O)C=C[C@]4(C)[C@@]3(Cl)C(O)C[C@@]21C. The highest BCUT2D eigenvalue weighted by Gasteiger charge is 2.76. The first kappa shape index (κ1) is 30.3. The van der Waals surface area contributed by atoms with Gasteiger partial charge in [0.05, 0.1) is 18.1 Å². The molecule has 0 heterocycles. The Bertz CT molecular complexity index is 1170. The second kappa shape index (κ2) is 10.8. The van der Waals surface area contributed by atoms with E-state index in [0.29, 0.717) is 25.2 Å². The third-order valence-corrected chi connectivity index (χ3v) is 12.5. The van der Waals surface area contributed by atoms with Gasteiger partial charge in [-0.25, -0.2) is 4.79 Å². The molecule has 5 rings (SSSR count). The number of fused-ring (bicyclic) bond motifs is 5. The number of aliphatic hydroxyl groups excluding tert-OH is 1. The van der Waals surface area contributed by atoms with Crippen molar-refractivity contribution in [3.63, 3.8) is 0 Å². The van der Waals surface area contributed by atoms with E-state index in [1.807, 2.05) is 26.8 Å². The molecular formula is C32H43ClO8. The number of rotatable bonds is 7. The summed E-state index contributed by atoms with van der Waals surface area (Å²) in [6.07, 6.45) is 10.4. The van der Waals surface area contributed by atoms with Crippen LogP contribution >= 0.6 is 11.6 Å². The van der Waals surface area contributed by atoms with Crippen LogP contribution in [0.2, 0.25) is 0 Å². The lowest BCUT2D eigenvalue weighted by Crippen LogP contribution is -2.69. The summed E-state index contributed by atoms with van der Waals surface area (Å²) in [5, 5.41) is 11.9. The summed E-state index contributed by atoms with van der Waals surface area (Å²) < 4.78 is 16.3. The van der Waals surface area contributed by atoms with Gasteiger partial charge < -0.3 is 19.3 Å². The van der Waals surface area contributed by atoms with Crippen LogP contribution < -0.4 is 0 Å². The van der Waals surface area contributed by atoms with Crippen molar-refractivity contribution >= 4 is 35.3 Å². The molecule has 0 radical (unpaired) electrons. The summed E-state index contributed by atoms with van der Waals surface area (Å²) in [6, 6.07) is 0. The van der Waals surface area contributed by atoms with Crippen molar-refractivity contribution in [3.8, 4) is 0 Å². The predicted octanol–water partition coefficient (Wildman–Crippen LogP) is 5.48. The highest BCUT2D eigenvalue weighted by Crippen LogP contribution is 2.72. The van der Waals surface area contributed by atoms with Crippen LogP contribution in [0.4, 0.5) is 4.79 Å². The molecule has 41 heavy (non-hydrogen) atoms. The molecule has 9 heteroatoms. The van der Waals surface area contributed by atoms with E-state index >= 15 is 0 Å². The minimum atomic E-state index is -1.68. The zero-order valence-electron chi connectivity index (χ0n) is 24.6. The van der Waals surface area contributed by atoms with Gasteiger partial charge in [0, 0.05) is 23.2 Å². The molecule has 0 aliphatic heterocycles. The number of Topliss-reactive ketones (excluding diaryl/α,β-unsaturated/α-hetero) is 1. The van der Waals surface area contributed by atoms with Gasteiger partial charge in [-0.2, -0.15) is 0 Å². The van der Waals surface area contributed by atoms with Crippen molar-refractivity contribution in [2.24, 2.45) is 34.5 Å². The van der Waals surface area contributed by atoms with Gasteiger partial charge in [0.2, 0.25) is 5.78 Å². The fourth-order valence-corrected chi connectivity index (χ4v) is 10.0. The van der Waals surface area contributed by atoms with Crippen molar-refractivity contribution in [3.05, 3.63) is 23.8 Å². The molecule has 4 fully saturated rings. The number of ketones is 2. The van der Waals surface area contributed by atoms with Gasteiger partial charge in [-0.05, 0) is 62.0 Å². The molecule has 0 amide bonds. The lowest BCUT2D eigenvalue weighted by Gasteiger charge is -2.64. The zero-order chi connectivity index (χ0) is 29.8. The molecular weight excluding hydrogens is 548 g/mol. The molecule has 226 valence electrons. The van der Waals surface area contributed by atoms with Crippen LogP contribution in [0.15, 0.2) is 23.8 Å². The predicted molar refractivity (Wildman–Crippen MR) is 151 cm³/mol. The molecule has 0 aromatic rings. The van der Waals surface area contributed by atoms with E-state index in [4.69, 9.17) is 25.8 Å². The lowest BCUT2D eigenvalue weighted by molar-refractivity contribution is -0.187. The molecule has 0 aromatic carbocycles. The normalized spacial score (nSPS) is 41.6. The highest BCUT2D eigenvalue weighted by atomic mass is 35.5. The first-order valence-corrected chi connectivity index (χ1v) is 15.5. The number of aliphatic hydroxyl groups is 1. The van der Waals surface area contributed by atoms with Gasteiger partial charge in [0.25, 0.3) is 0 Å². The number of carbonyl (C=O) groups is 4. The van der Waals surface area contributed by atoms with Gasteiger partial charge in [-0.1, -0.05) is 58.1 Å². The number of hydrogen-bond donors (Lipinski definition) is 1. The first-order valence-electron chi connectivity index (χ1n) is 15.1. The van der Waals surface area contributed by atoms with E-state index in [1.54, 1.807) is 6.08 Å². The number of ether oxygens (including phenoxy) is 3. The largest absolute Gasteiger partial charge is 0.509 e. The maximum Gasteiger partial charge on any atom is 0.509 e. The second-order valence-electron chi connectivity index (χ2n) is 13.5. The number of alkyl halides is 1. The summed E-state index contributed by atoms with van der Waals surface area (Å²) in [5.74, 6) is -1.37. The molecule has 0 spiro atoms. The van der Waals surface area contributed by atoms with Crippen LogP contribution in [0.25, 0.3) is 0 Å². The maximum atomic E-state index is 14.1. The van der Waals surface area contributed by atoms with Gasteiger partial charge in [0.15, 0.2) is 18.0 Å². The van der Waals surface area contributed by atoms with Gasteiger partial charge in [-0.3, -0.25) is 14.4 Å². The Balaban J connectivity index is 1.44. The van der Waals surface area contributed by atoms with Crippen molar-refractivity contribution in [2.45, 2.75) is 102 Å². The molecule has 0 aromatic heterocycles. The molecule has 5 aliphatic rings. The van der Waals surface area contributed by atoms with Crippen LogP contribution in [0, 0.1) is 34.5 Å². The van der Waals surface area contributed by atoms with Crippen molar-refractivity contribution in [1.82, 2.24) is 0 Å². The van der Waals surface area contributed by atoms with Crippen LogP contribution in [0.1, 0.15) is 85.0 Å². The van der Waals surface area contributed by atoms with Crippen LogP contribution in [-0.4, -0.2) is 59.1 Å². The topological polar surface area (TPSA) is 116 Å². The third-order valence-electron chi connectivity index (χ3n) is 11.6. The fourth-order valence-electron chi connectivity index (χ4n) is 9.52. The van der Waals surface area contributed by atoms with E-state index in [-0.39, 0.29) is 30.5 Å². The molecule has 8 nitrogen and oxygen atoms in total. The average molecular weight is 591 g/mol. The summed E-state index contributed by atoms with van der Waals surface area (Å²) in [5.41, 5.74) is -2.52. The Labute approximate surface area is 247 Å². The van der Waals surface area contributed by atoms with E-state index in [9.17, 15) is 24.3 Å². The highest BCUT2D eigenvalue weighted by molar-refractivity contribution is 6.26. The van der Waals surface area contributed by atoms with Gasteiger partial charge in [-0.15, -0.1) is 11.6 Å². The van der Waals surface area contributed by atoms with Gasteiger partial charge in [0.1, 0.15) is 0 Å². The number of methoxy groups -OCH3 is 1. The van der Waals surface area contributed by atoms with Crippen molar-refractivity contribution in [2.75, 3.05) is 13.7 Å². The second-order valence-corrected chi connectivity index (χ2v) is 14.1. The molecule has 4 saturated carbocycles.